The lowest BCUT2D eigenvalue weighted by Gasteiger charge is -2.15. The number of nitrogens with one attached hydrogen (secondary N) is 1. The van der Waals surface area contributed by atoms with Gasteiger partial charge in [-0.25, -0.2) is 4.79 Å². The average molecular weight is 396 g/mol. The van der Waals surface area contributed by atoms with Gasteiger partial charge in [0.15, 0.2) is 12.7 Å². The number of hydrogen-bond acceptors (Lipinski definition) is 4. The van der Waals surface area contributed by atoms with Crippen LogP contribution >= 0.6 is 23.2 Å². The highest BCUT2D eigenvalue weighted by atomic mass is 35.5. The van der Waals surface area contributed by atoms with Crippen LogP contribution in [-0.4, -0.2) is 24.6 Å². The van der Waals surface area contributed by atoms with Crippen LogP contribution in [0.25, 0.3) is 0 Å². The zero-order valence-corrected chi connectivity index (χ0v) is 16.1. The van der Waals surface area contributed by atoms with E-state index in [9.17, 15) is 9.59 Å². The maximum absolute atomic E-state index is 12.0. The van der Waals surface area contributed by atoms with Crippen molar-refractivity contribution in [3.63, 3.8) is 0 Å². The lowest BCUT2D eigenvalue weighted by atomic mass is 10.1. The van der Waals surface area contributed by atoms with Gasteiger partial charge in [-0.15, -0.1) is 0 Å². The summed E-state index contributed by atoms with van der Waals surface area (Å²) in [5.74, 6) is -0.795. The van der Waals surface area contributed by atoms with Gasteiger partial charge >= 0.3 is 5.97 Å². The molecule has 1 atom stereocenters. The summed E-state index contributed by atoms with van der Waals surface area (Å²) < 4.78 is 10.4. The molecule has 1 N–H and O–H groups in total. The summed E-state index contributed by atoms with van der Waals surface area (Å²) in [4.78, 5) is 24.0. The molecule has 0 bridgehead atoms. The number of anilines is 1. The Labute approximate surface area is 162 Å². The Morgan fingerprint density at radius 2 is 1.85 bits per heavy atom. The molecule has 1 amide bonds. The van der Waals surface area contributed by atoms with E-state index in [1.54, 1.807) is 12.1 Å². The Balaban J connectivity index is 1.87. The summed E-state index contributed by atoms with van der Waals surface area (Å²) in [7, 11) is 0. The maximum Gasteiger partial charge on any atom is 0.347 e. The van der Waals surface area contributed by atoms with Gasteiger partial charge in [0.25, 0.3) is 5.91 Å². The lowest BCUT2D eigenvalue weighted by molar-refractivity contribution is -0.153. The first-order valence-electron chi connectivity index (χ1n) is 7.91. The van der Waals surface area contributed by atoms with E-state index in [0.29, 0.717) is 16.5 Å². The molecular weight excluding hydrogens is 377 g/mol. The summed E-state index contributed by atoms with van der Waals surface area (Å²) in [5, 5.41) is 3.46. The minimum atomic E-state index is -0.929. The molecule has 2 aromatic rings. The Morgan fingerprint density at radius 3 is 2.54 bits per heavy atom. The zero-order chi connectivity index (χ0) is 19.3. The molecule has 0 unspecified atom stereocenters. The molecule has 0 aliphatic carbocycles. The molecule has 5 nitrogen and oxygen atoms in total. The molecule has 0 aromatic heterocycles. The predicted octanol–water partition coefficient (Wildman–Crippen LogP) is 4.56. The third kappa shape index (κ3) is 5.64. The van der Waals surface area contributed by atoms with Crippen LogP contribution in [0.3, 0.4) is 0 Å². The van der Waals surface area contributed by atoms with E-state index >= 15 is 0 Å². The molecule has 0 spiro atoms. The van der Waals surface area contributed by atoms with E-state index in [1.165, 1.54) is 13.0 Å². The number of aryl methyl sites for hydroxylation is 2. The summed E-state index contributed by atoms with van der Waals surface area (Å²) in [6.45, 7) is 4.91. The second-order valence-electron chi connectivity index (χ2n) is 5.81. The Kier molecular flexibility index (Phi) is 6.89. The highest BCUT2D eigenvalue weighted by Crippen LogP contribution is 2.28. The third-order valence-corrected chi connectivity index (χ3v) is 4.07. The molecule has 0 saturated carbocycles. The number of rotatable bonds is 6. The number of halogens is 2. The van der Waals surface area contributed by atoms with Gasteiger partial charge in [-0.3, -0.25) is 4.79 Å². The van der Waals surface area contributed by atoms with Crippen molar-refractivity contribution in [2.75, 3.05) is 11.9 Å². The van der Waals surface area contributed by atoms with Crippen LogP contribution in [0.5, 0.6) is 5.75 Å². The number of hydrogen-bond donors (Lipinski definition) is 1. The highest BCUT2D eigenvalue weighted by molar-refractivity contribution is 6.35. The predicted molar refractivity (Wildman–Crippen MR) is 102 cm³/mol. The minimum Gasteiger partial charge on any atom is -0.477 e. The second-order valence-corrected chi connectivity index (χ2v) is 6.65. The van der Waals surface area contributed by atoms with Gasteiger partial charge in [-0.1, -0.05) is 35.3 Å². The minimum absolute atomic E-state index is 0.282. The SMILES string of the molecule is Cc1ccc(C)c(NC(=O)COC(=O)[C@@H](C)Oc2ccc(Cl)cc2Cl)c1. The maximum atomic E-state index is 12.0. The van der Waals surface area contributed by atoms with E-state index in [4.69, 9.17) is 32.7 Å². The first-order chi connectivity index (χ1) is 12.3. The summed E-state index contributed by atoms with van der Waals surface area (Å²) >= 11 is 11.8. The summed E-state index contributed by atoms with van der Waals surface area (Å²) in [6, 6.07) is 10.4. The third-order valence-electron chi connectivity index (χ3n) is 3.54. The van der Waals surface area contributed by atoms with Crippen LogP contribution in [0.1, 0.15) is 18.1 Å². The van der Waals surface area contributed by atoms with Gasteiger partial charge in [0.2, 0.25) is 0 Å². The lowest BCUT2D eigenvalue weighted by Crippen LogP contribution is -2.30. The van der Waals surface area contributed by atoms with Crippen LogP contribution in [0.2, 0.25) is 10.0 Å². The first kappa shape index (κ1) is 20.1. The molecule has 7 heteroatoms. The van der Waals surface area contributed by atoms with Gasteiger partial charge in [0, 0.05) is 10.7 Å². The fourth-order valence-electron chi connectivity index (χ4n) is 2.12. The summed E-state index contributed by atoms with van der Waals surface area (Å²) in [6.07, 6.45) is -0.929. The molecule has 26 heavy (non-hydrogen) atoms. The van der Waals surface area contributed by atoms with Crippen LogP contribution in [0.4, 0.5) is 5.69 Å². The van der Waals surface area contributed by atoms with Crippen molar-refractivity contribution < 1.29 is 19.1 Å². The van der Waals surface area contributed by atoms with Crippen LogP contribution in [-0.2, 0) is 14.3 Å². The van der Waals surface area contributed by atoms with Gasteiger partial charge in [0.1, 0.15) is 5.75 Å². The normalized spacial score (nSPS) is 11.6. The molecule has 0 aliphatic heterocycles. The largest absolute Gasteiger partial charge is 0.477 e. The molecule has 2 aromatic carbocycles. The average Bonchev–Trinajstić information content (AvgIpc) is 2.58. The van der Waals surface area contributed by atoms with E-state index in [-0.39, 0.29) is 5.02 Å². The van der Waals surface area contributed by atoms with Crippen molar-refractivity contribution in [2.24, 2.45) is 0 Å². The number of benzene rings is 2. The van der Waals surface area contributed by atoms with Crippen molar-refractivity contribution in [1.29, 1.82) is 0 Å². The fourth-order valence-corrected chi connectivity index (χ4v) is 2.57. The number of carbonyl (C=O) groups is 2. The van der Waals surface area contributed by atoms with Crippen LogP contribution in [0.15, 0.2) is 36.4 Å². The molecule has 0 fully saturated rings. The molecule has 0 radical (unpaired) electrons. The van der Waals surface area contributed by atoms with Crippen LogP contribution in [0, 0.1) is 13.8 Å². The molecule has 0 aliphatic rings. The zero-order valence-electron chi connectivity index (χ0n) is 14.6. The highest BCUT2D eigenvalue weighted by Gasteiger charge is 2.19. The van der Waals surface area contributed by atoms with Crippen molar-refractivity contribution in [2.45, 2.75) is 26.9 Å². The molecular formula is C19H19Cl2NO4. The standard InChI is InChI=1S/C19H19Cl2NO4/c1-11-4-5-12(2)16(8-11)22-18(23)10-25-19(24)13(3)26-17-7-6-14(20)9-15(17)21/h4-9,13H,10H2,1-3H3,(H,22,23)/t13-/m1/s1. The van der Waals surface area contributed by atoms with Gasteiger partial charge in [0.05, 0.1) is 5.02 Å². The van der Waals surface area contributed by atoms with E-state index in [1.807, 2.05) is 32.0 Å². The number of carbonyl (C=O) groups excluding carboxylic acids is 2. The monoisotopic (exact) mass is 395 g/mol. The Hall–Kier alpha value is -2.24. The number of amides is 1. The Morgan fingerprint density at radius 1 is 1.12 bits per heavy atom. The van der Waals surface area contributed by atoms with E-state index in [0.717, 1.165) is 11.1 Å². The van der Waals surface area contributed by atoms with Crippen molar-refractivity contribution in [1.82, 2.24) is 0 Å². The molecule has 0 saturated heterocycles. The van der Waals surface area contributed by atoms with Gasteiger partial charge in [-0.2, -0.15) is 0 Å². The summed E-state index contributed by atoms with van der Waals surface area (Å²) in [5.41, 5.74) is 2.62. The van der Waals surface area contributed by atoms with Gasteiger partial charge in [-0.05, 0) is 56.2 Å². The fraction of sp³-hybridized carbons (Fsp3) is 0.263. The van der Waals surface area contributed by atoms with E-state index < -0.39 is 24.6 Å². The smallest absolute Gasteiger partial charge is 0.347 e. The molecule has 2 rings (SSSR count). The van der Waals surface area contributed by atoms with Crippen molar-refractivity contribution in [3.8, 4) is 5.75 Å². The van der Waals surface area contributed by atoms with Crippen LogP contribution < -0.4 is 10.1 Å². The Bertz CT molecular complexity index is 823. The first-order valence-corrected chi connectivity index (χ1v) is 8.67. The van der Waals surface area contributed by atoms with Crippen molar-refractivity contribution in [3.05, 3.63) is 57.6 Å². The van der Waals surface area contributed by atoms with Gasteiger partial charge < -0.3 is 14.8 Å². The van der Waals surface area contributed by atoms with Crippen molar-refractivity contribution >= 4 is 40.8 Å². The molecule has 0 heterocycles. The number of esters is 1. The van der Waals surface area contributed by atoms with E-state index in [2.05, 4.69) is 5.32 Å². The topological polar surface area (TPSA) is 64.6 Å². The quantitative estimate of drug-likeness (QED) is 0.728. The number of ether oxygens (including phenoxy) is 2. The molecule has 138 valence electrons. The second kappa shape index (κ2) is 8.92.